The summed E-state index contributed by atoms with van der Waals surface area (Å²) < 4.78 is 28.1. The van der Waals surface area contributed by atoms with Gasteiger partial charge in [0.15, 0.2) is 0 Å². The lowest BCUT2D eigenvalue weighted by molar-refractivity contribution is -0.126. The van der Waals surface area contributed by atoms with Gasteiger partial charge in [-0.25, -0.2) is 13.8 Å². The molecule has 1 saturated carbocycles. The second-order valence-corrected chi connectivity index (χ2v) is 10.1. The number of carbonyl (C=O) groups is 2. The monoisotopic (exact) mass is 490 g/mol. The summed E-state index contributed by atoms with van der Waals surface area (Å²) >= 11 is 0. The molecule has 0 radical (unpaired) electrons. The van der Waals surface area contributed by atoms with Gasteiger partial charge < -0.3 is 15.7 Å². The van der Waals surface area contributed by atoms with Crippen LogP contribution < -0.4 is 10.6 Å². The van der Waals surface area contributed by atoms with Crippen molar-refractivity contribution in [1.82, 2.24) is 20.6 Å². The Morgan fingerprint density at radius 3 is 2.57 bits per heavy atom. The van der Waals surface area contributed by atoms with E-state index in [2.05, 4.69) is 20.6 Å². The van der Waals surface area contributed by atoms with Crippen LogP contribution in [0.15, 0.2) is 30.5 Å². The van der Waals surface area contributed by atoms with Crippen LogP contribution in [0.3, 0.4) is 0 Å². The first-order valence-corrected chi connectivity index (χ1v) is 12.4. The van der Waals surface area contributed by atoms with Crippen LogP contribution in [0.2, 0.25) is 0 Å². The van der Waals surface area contributed by atoms with Gasteiger partial charge in [0, 0.05) is 25.8 Å². The predicted molar refractivity (Wildman–Crippen MR) is 130 cm³/mol. The van der Waals surface area contributed by atoms with E-state index in [1.54, 1.807) is 25.2 Å². The van der Waals surface area contributed by atoms with Crippen molar-refractivity contribution in [2.75, 3.05) is 7.05 Å². The molecular weight excluding hydrogens is 454 g/mol. The Hall–Kier alpha value is -2.68. The van der Waals surface area contributed by atoms with Gasteiger partial charge in [-0.2, -0.15) is 0 Å². The average molecular weight is 491 g/mol. The maximum Gasteiger partial charge on any atom is 0.271 e. The molecular formula is C26H36F2N4O3. The van der Waals surface area contributed by atoms with Gasteiger partial charge in [0.2, 0.25) is 11.8 Å². The van der Waals surface area contributed by atoms with Crippen molar-refractivity contribution in [3.05, 3.63) is 36.2 Å². The van der Waals surface area contributed by atoms with E-state index >= 15 is 0 Å². The number of fused-ring (bicyclic) bond motifs is 1. The lowest BCUT2D eigenvalue weighted by atomic mass is 9.80. The first-order valence-electron chi connectivity index (χ1n) is 12.4. The number of rotatable bonds is 10. The molecule has 3 rings (SSSR count). The van der Waals surface area contributed by atoms with E-state index in [0.29, 0.717) is 30.3 Å². The van der Waals surface area contributed by atoms with Gasteiger partial charge >= 0.3 is 0 Å². The number of amides is 2. The molecule has 1 aliphatic rings. The highest BCUT2D eigenvalue weighted by Crippen LogP contribution is 2.39. The maximum atomic E-state index is 14.1. The molecule has 1 aromatic heterocycles. The van der Waals surface area contributed by atoms with Gasteiger partial charge in [-0.05, 0) is 56.1 Å². The van der Waals surface area contributed by atoms with Crippen LogP contribution in [0.25, 0.3) is 11.0 Å². The highest BCUT2D eigenvalue weighted by atomic mass is 19.3. The molecule has 1 aliphatic carbocycles. The van der Waals surface area contributed by atoms with Crippen LogP contribution in [0.1, 0.15) is 69.3 Å². The fourth-order valence-corrected chi connectivity index (χ4v) is 5.00. The Morgan fingerprint density at radius 2 is 1.91 bits per heavy atom. The Bertz CT molecular complexity index is 1020. The Kier molecular flexibility index (Phi) is 9.10. The van der Waals surface area contributed by atoms with Crippen molar-refractivity contribution in [3.8, 4) is 0 Å². The maximum absolute atomic E-state index is 14.1. The fraction of sp³-hybridized carbons (Fsp3) is 0.615. The molecule has 1 heterocycles. The molecule has 3 N–H and O–H groups in total. The van der Waals surface area contributed by atoms with Crippen molar-refractivity contribution >= 4 is 22.8 Å². The van der Waals surface area contributed by atoms with E-state index in [9.17, 15) is 23.5 Å². The smallest absolute Gasteiger partial charge is 0.271 e. The third-order valence-electron chi connectivity index (χ3n) is 6.69. The number of hydrogen-bond donors (Lipinski definition) is 3. The normalized spacial score (nSPS) is 20.3. The lowest BCUT2D eigenvalue weighted by Crippen LogP contribution is -2.47. The van der Waals surface area contributed by atoms with Crippen molar-refractivity contribution < 1.29 is 23.5 Å². The number of aliphatic hydroxyl groups excluding tert-OH is 1. The number of carbonyl (C=O) groups excluding carboxylic acids is 2. The van der Waals surface area contributed by atoms with Crippen molar-refractivity contribution in [2.24, 2.45) is 17.8 Å². The van der Waals surface area contributed by atoms with Crippen molar-refractivity contribution in [3.63, 3.8) is 0 Å². The minimum absolute atomic E-state index is 0.0832. The van der Waals surface area contributed by atoms with Gasteiger partial charge in [0.1, 0.15) is 5.69 Å². The van der Waals surface area contributed by atoms with Crippen LogP contribution in [-0.2, 0) is 4.79 Å². The summed E-state index contributed by atoms with van der Waals surface area (Å²) in [6, 6.07) is 6.35. The molecule has 192 valence electrons. The molecule has 1 unspecified atom stereocenters. The summed E-state index contributed by atoms with van der Waals surface area (Å²) in [6.45, 7) is 3.98. The molecule has 2 aromatic rings. The lowest BCUT2D eigenvalue weighted by Gasteiger charge is -2.34. The van der Waals surface area contributed by atoms with E-state index < -0.39 is 29.9 Å². The zero-order valence-corrected chi connectivity index (χ0v) is 20.6. The molecule has 0 spiro atoms. The number of benzene rings is 1. The summed E-state index contributed by atoms with van der Waals surface area (Å²) in [5.74, 6) is -4.04. The minimum atomic E-state index is -2.74. The van der Waals surface area contributed by atoms with Crippen LogP contribution in [-0.4, -0.2) is 52.0 Å². The fourth-order valence-electron chi connectivity index (χ4n) is 5.00. The first-order chi connectivity index (χ1) is 16.6. The molecule has 0 aliphatic heterocycles. The van der Waals surface area contributed by atoms with Gasteiger partial charge in [0.25, 0.3) is 5.91 Å². The highest BCUT2D eigenvalue weighted by molar-refractivity contribution is 5.94. The SMILES string of the molecule is CNC(=O)[C@H](CC(C)C)C[C@H](O)[C@H](CC1CCCC(F)(F)C1)NC(=O)c1cnc2ccccc2n1. The molecule has 9 heteroatoms. The Morgan fingerprint density at radius 1 is 1.20 bits per heavy atom. The summed E-state index contributed by atoms with van der Waals surface area (Å²) in [4.78, 5) is 34.1. The summed E-state index contributed by atoms with van der Waals surface area (Å²) in [6.07, 6.45) is 1.77. The van der Waals surface area contributed by atoms with E-state index in [0.717, 1.165) is 0 Å². The van der Waals surface area contributed by atoms with E-state index in [-0.39, 0.29) is 49.1 Å². The number of aliphatic hydroxyl groups is 1. The zero-order valence-electron chi connectivity index (χ0n) is 20.6. The van der Waals surface area contributed by atoms with Gasteiger partial charge in [-0.3, -0.25) is 14.6 Å². The van der Waals surface area contributed by atoms with Crippen LogP contribution in [0, 0.1) is 17.8 Å². The standard InChI is InChI=1S/C26H36F2N4O3/c1-16(2)11-18(24(34)29-3)13-23(33)21(12-17-7-6-10-26(27,28)14-17)32-25(35)22-15-30-19-8-4-5-9-20(19)31-22/h4-5,8-9,15-18,21,23,33H,6-7,10-14H2,1-3H3,(H,29,34)(H,32,35)/t17?,18-,21+,23+/m1/s1. The number of alkyl halides is 2. The molecule has 35 heavy (non-hydrogen) atoms. The van der Waals surface area contributed by atoms with Crippen LogP contribution in [0.5, 0.6) is 0 Å². The van der Waals surface area contributed by atoms with E-state index in [1.807, 2.05) is 19.9 Å². The molecule has 0 saturated heterocycles. The molecule has 1 aromatic carbocycles. The van der Waals surface area contributed by atoms with Crippen LogP contribution in [0.4, 0.5) is 8.78 Å². The van der Waals surface area contributed by atoms with Crippen LogP contribution >= 0.6 is 0 Å². The quantitative estimate of drug-likeness (QED) is 0.465. The average Bonchev–Trinajstić information content (AvgIpc) is 2.81. The number of para-hydroxylation sites is 2. The number of nitrogens with one attached hydrogen (secondary N) is 2. The number of halogens is 2. The predicted octanol–water partition coefficient (Wildman–Crippen LogP) is 4.10. The Balaban J connectivity index is 1.80. The number of nitrogens with zero attached hydrogens (tertiary/aromatic N) is 2. The van der Waals surface area contributed by atoms with Crippen molar-refractivity contribution in [1.29, 1.82) is 0 Å². The summed E-state index contributed by atoms with van der Waals surface area (Å²) in [5, 5.41) is 16.6. The Labute approximate surface area is 205 Å². The highest BCUT2D eigenvalue weighted by Gasteiger charge is 2.38. The van der Waals surface area contributed by atoms with Gasteiger partial charge in [-0.15, -0.1) is 0 Å². The first kappa shape index (κ1) is 26.9. The summed E-state index contributed by atoms with van der Waals surface area (Å²) in [5.41, 5.74) is 1.29. The minimum Gasteiger partial charge on any atom is -0.391 e. The largest absolute Gasteiger partial charge is 0.391 e. The van der Waals surface area contributed by atoms with Gasteiger partial charge in [-0.1, -0.05) is 26.0 Å². The van der Waals surface area contributed by atoms with Gasteiger partial charge in [0.05, 0.1) is 29.4 Å². The second kappa shape index (κ2) is 11.8. The van der Waals surface area contributed by atoms with E-state index in [4.69, 9.17) is 0 Å². The molecule has 7 nitrogen and oxygen atoms in total. The third-order valence-corrected chi connectivity index (χ3v) is 6.69. The third kappa shape index (κ3) is 7.65. The molecule has 0 bridgehead atoms. The topological polar surface area (TPSA) is 104 Å². The second-order valence-electron chi connectivity index (χ2n) is 10.1. The zero-order chi connectivity index (χ0) is 25.6. The number of aromatic nitrogens is 2. The number of hydrogen-bond acceptors (Lipinski definition) is 5. The summed E-state index contributed by atoms with van der Waals surface area (Å²) in [7, 11) is 1.55. The van der Waals surface area contributed by atoms with E-state index in [1.165, 1.54) is 6.20 Å². The van der Waals surface area contributed by atoms with Crippen molar-refractivity contribution in [2.45, 2.75) is 76.9 Å². The molecule has 2 amide bonds. The molecule has 4 atom stereocenters. The molecule has 1 fully saturated rings.